The van der Waals surface area contributed by atoms with E-state index in [1.54, 1.807) is 0 Å². The molecule has 0 saturated carbocycles. The Hall–Kier alpha value is -2.61. The maximum atomic E-state index is 6.30. The first kappa shape index (κ1) is 13.8. The van der Waals surface area contributed by atoms with Crippen LogP contribution < -0.4 is 0 Å². The number of aromatic nitrogens is 1. The van der Waals surface area contributed by atoms with Crippen molar-refractivity contribution < 1.29 is 4.42 Å². The molecule has 2 nitrogen and oxygen atoms in total. The number of aryl methyl sites for hydroxylation is 3. The van der Waals surface area contributed by atoms with Crippen LogP contribution in [-0.2, 0) is 12.8 Å². The highest BCUT2D eigenvalue weighted by molar-refractivity contribution is 6.09. The molecule has 0 amide bonds. The van der Waals surface area contributed by atoms with Gasteiger partial charge in [0.2, 0.25) is 0 Å². The normalized spacial score (nSPS) is 14.2. The highest BCUT2D eigenvalue weighted by Gasteiger charge is 2.17. The van der Waals surface area contributed by atoms with Crippen LogP contribution in [0.15, 0.2) is 53.1 Å². The molecule has 4 aromatic rings. The molecule has 118 valence electrons. The number of pyridine rings is 1. The van der Waals surface area contributed by atoms with Gasteiger partial charge in [0.15, 0.2) is 5.58 Å². The molecule has 0 saturated heterocycles. The minimum Gasteiger partial charge on any atom is -0.454 e. The second-order valence-corrected chi connectivity index (χ2v) is 6.78. The van der Waals surface area contributed by atoms with Crippen molar-refractivity contribution in [1.82, 2.24) is 4.98 Å². The Morgan fingerprint density at radius 1 is 0.917 bits per heavy atom. The first-order valence-electron chi connectivity index (χ1n) is 8.70. The van der Waals surface area contributed by atoms with Crippen LogP contribution in [0.5, 0.6) is 0 Å². The third-order valence-electron chi connectivity index (χ3n) is 5.25. The molecule has 2 aromatic heterocycles. The van der Waals surface area contributed by atoms with Gasteiger partial charge in [0.1, 0.15) is 11.3 Å². The van der Waals surface area contributed by atoms with Gasteiger partial charge in [0, 0.05) is 22.5 Å². The van der Waals surface area contributed by atoms with Crippen LogP contribution in [0.25, 0.3) is 33.2 Å². The van der Waals surface area contributed by atoms with E-state index < -0.39 is 0 Å². The second kappa shape index (κ2) is 5.20. The molecule has 24 heavy (non-hydrogen) atoms. The zero-order valence-electron chi connectivity index (χ0n) is 13.8. The number of nitrogens with zero attached hydrogens (tertiary/aromatic N) is 1. The average molecular weight is 313 g/mol. The minimum atomic E-state index is 0.907. The molecule has 1 aliphatic carbocycles. The van der Waals surface area contributed by atoms with Crippen LogP contribution in [0, 0.1) is 6.92 Å². The highest BCUT2D eigenvalue weighted by atomic mass is 16.3. The van der Waals surface area contributed by atoms with Crippen LogP contribution in [0.3, 0.4) is 0 Å². The van der Waals surface area contributed by atoms with Crippen molar-refractivity contribution >= 4 is 21.9 Å². The Morgan fingerprint density at radius 3 is 2.54 bits per heavy atom. The van der Waals surface area contributed by atoms with Crippen LogP contribution in [0.1, 0.15) is 29.5 Å². The predicted octanol–water partition coefficient (Wildman–Crippen LogP) is 5.84. The highest BCUT2D eigenvalue weighted by Crippen LogP contribution is 2.37. The van der Waals surface area contributed by atoms with Gasteiger partial charge in [-0.05, 0) is 67.5 Å². The second-order valence-electron chi connectivity index (χ2n) is 6.78. The van der Waals surface area contributed by atoms with E-state index >= 15 is 0 Å². The Labute approximate surface area is 141 Å². The largest absolute Gasteiger partial charge is 0.454 e. The SMILES string of the molecule is Cc1ccccc1-c1nccc2c1oc1cc3c(cc12)CCCC3. The fourth-order valence-electron chi connectivity index (χ4n) is 3.96. The lowest BCUT2D eigenvalue weighted by Gasteiger charge is -2.14. The van der Waals surface area contributed by atoms with Gasteiger partial charge in [0.05, 0.1) is 0 Å². The van der Waals surface area contributed by atoms with E-state index in [-0.39, 0.29) is 0 Å². The Balaban J connectivity index is 1.83. The number of furan rings is 1. The molecule has 0 bridgehead atoms. The zero-order chi connectivity index (χ0) is 16.1. The molecule has 0 spiro atoms. The summed E-state index contributed by atoms with van der Waals surface area (Å²) in [6.07, 6.45) is 6.84. The van der Waals surface area contributed by atoms with Crippen molar-refractivity contribution in [2.45, 2.75) is 32.6 Å². The van der Waals surface area contributed by atoms with Crippen molar-refractivity contribution in [3.8, 4) is 11.3 Å². The Kier molecular flexibility index (Phi) is 2.99. The standard InChI is InChI=1S/C22H19NO/c1-14-6-2-5-9-17(14)21-22-18(10-11-23-21)19-12-15-7-3-4-8-16(15)13-20(19)24-22/h2,5-6,9-13H,3-4,7-8H2,1H3. The first-order valence-corrected chi connectivity index (χ1v) is 8.70. The molecule has 0 N–H and O–H groups in total. The third kappa shape index (κ3) is 1.99. The topological polar surface area (TPSA) is 26.0 Å². The molecule has 2 heteroatoms. The van der Waals surface area contributed by atoms with Crippen molar-refractivity contribution in [3.05, 3.63) is 65.4 Å². The molecule has 0 radical (unpaired) electrons. The van der Waals surface area contributed by atoms with E-state index in [0.717, 1.165) is 22.4 Å². The van der Waals surface area contributed by atoms with Gasteiger partial charge < -0.3 is 4.42 Å². The third-order valence-corrected chi connectivity index (χ3v) is 5.25. The van der Waals surface area contributed by atoms with Crippen molar-refractivity contribution in [2.24, 2.45) is 0 Å². The fourth-order valence-corrected chi connectivity index (χ4v) is 3.96. The van der Waals surface area contributed by atoms with Gasteiger partial charge in [-0.1, -0.05) is 24.3 Å². The molecule has 0 fully saturated rings. The monoisotopic (exact) mass is 313 g/mol. The fraction of sp³-hybridized carbons (Fsp3) is 0.227. The summed E-state index contributed by atoms with van der Waals surface area (Å²) in [7, 11) is 0. The number of fused-ring (bicyclic) bond motifs is 4. The molecule has 2 heterocycles. The van der Waals surface area contributed by atoms with Crippen molar-refractivity contribution in [2.75, 3.05) is 0 Å². The lowest BCUT2D eigenvalue weighted by atomic mass is 9.90. The van der Waals surface area contributed by atoms with Gasteiger partial charge in [-0.25, -0.2) is 0 Å². The van der Waals surface area contributed by atoms with Crippen molar-refractivity contribution in [3.63, 3.8) is 0 Å². The summed E-state index contributed by atoms with van der Waals surface area (Å²) in [4.78, 5) is 4.64. The quantitative estimate of drug-likeness (QED) is 0.441. The van der Waals surface area contributed by atoms with E-state index in [2.05, 4.69) is 54.4 Å². The summed E-state index contributed by atoms with van der Waals surface area (Å²) in [6, 6.07) is 15.0. The van der Waals surface area contributed by atoms with Gasteiger partial charge in [-0.3, -0.25) is 4.98 Å². The van der Waals surface area contributed by atoms with Gasteiger partial charge in [-0.2, -0.15) is 0 Å². The number of benzene rings is 2. The lowest BCUT2D eigenvalue weighted by Crippen LogP contribution is -2.01. The molecular formula is C22H19NO. The predicted molar refractivity (Wildman–Crippen MR) is 98.3 cm³/mol. The van der Waals surface area contributed by atoms with Gasteiger partial charge >= 0.3 is 0 Å². The molecule has 1 aliphatic rings. The molecular weight excluding hydrogens is 294 g/mol. The number of rotatable bonds is 1. The van der Waals surface area contributed by atoms with Gasteiger partial charge in [-0.15, -0.1) is 0 Å². The molecule has 0 atom stereocenters. The molecule has 0 aliphatic heterocycles. The molecule has 2 aromatic carbocycles. The summed E-state index contributed by atoms with van der Waals surface area (Å²) in [6.45, 7) is 2.12. The van der Waals surface area contributed by atoms with Crippen LogP contribution >= 0.6 is 0 Å². The van der Waals surface area contributed by atoms with Crippen LogP contribution in [0.2, 0.25) is 0 Å². The molecule has 5 rings (SSSR count). The van der Waals surface area contributed by atoms with Gasteiger partial charge in [0.25, 0.3) is 0 Å². The zero-order valence-corrected chi connectivity index (χ0v) is 13.8. The molecule has 0 unspecified atom stereocenters. The van der Waals surface area contributed by atoms with Crippen molar-refractivity contribution in [1.29, 1.82) is 0 Å². The maximum Gasteiger partial charge on any atom is 0.161 e. The Morgan fingerprint density at radius 2 is 1.71 bits per heavy atom. The minimum absolute atomic E-state index is 0.907. The lowest BCUT2D eigenvalue weighted by molar-refractivity contribution is 0.659. The summed E-state index contributed by atoms with van der Waals surface area (Å²) >= 11 is 0. The Bertz CT molecular complexity index is 1070. The van der Waals surface area contributed by atoms with E-state index in [0.29, 0.717) is 0 Å². The average Bonchev–Trinajstić information content (AvgIpc) is 2.98. The summed E-state index contributed by atoms with van der Waals surface area (Å²) < 4.78 is 6.30. The number of hydrogen-bond donors (Lipinski definition) is 0. The van der Waals surface area contributed by atoms with E-state index in [1.807, 2.05) is 6.20 Å². The van der Waals surface area contributed by atoms with Crippen LogP contribution in [0.4, 0.5) is 0 Å². The van der Waals surface area contributed by atoms with E-state index in [1.165, 1.54) is 53.1 Å². The van der Waals surface area contributed by atoms with Crippen LogP contribution in [-0.4, -0.2) is 4.98 Å². The smallest absolute Gasteiger partial charge is 0.161 e. The van der Waals surface area contributed by atoms with E-state index in [9.17, 15) is 0 Å². The summed E-state index contributed by atoms with van der Waals surface area (Å²) in [5.41, 5.74) is 8.16. The first-order chi connectivity index (χ1) is 11.8. The van der Waals surface area contributed by atoms with E-state index in [4.69, 9.17) is 4.42 Å². The maximum absolute atomic E-state index is 6.30. The number of hydrogen-bond acceptors (Lipinski definition) is 2. The summed E-state index contributed by atoms with van der Waals surface area (Å²) in [5, 5.41) is 2.40. The summed E-state index contributed by atoms with van der Waals surface area (Å²) in [5.74, 6) is 0.